The number of H-pyrrole nitrogens is 1. The predicted molar refractivity (Wildman–Crippen MR) is 94.8 cm³/mol. The first kappa shape index (κ1) is 18.1. The van der Waals surface area contributed by atoms with Crippen molar-refractivity contribution in [3.8, 4) is 11.3 Å². The average molecular weight is 390 g/mol. The van der Waals surface area contributed by atoms with Crippen LogP contribution in [-0.4, -0.2) is 29.0 Å². The third kappa shape index (κ3) is 3.09. The van der Waals surface area contributed by atoms with Crippen molar-refractivity contribution in [1.29, 1.82) is 0 Å². The van der Waals surface area contributed by atoms with Crippen LogP contribution in [-0.2, 0) is 10.9 Å². The molecule has 6 nitrogen and oxygen atoms in total. The molecule has 28 heavy (non-hydrogen) atoms. The Kier molecular flexibility index (Phi) is 4.11. The quantitative estimate of drug-likeness (QED) is 0.702. The van der Waals surface area contributed by atoms with Crippen LogP contribution in [0.1, 0.15) is 5.56 Å². The minimum absolute atomic E-state index is 0.0363. The fourth-order valence-corrected chi connectivity index (χ4v) is 3.18. The van der Waals surface area contributed by atoms with Gasteiger partial charge >= 0.3 is 12.3 Å². The lowest BCUT2D eigenvalue weighted by Crippen LogP contribution is -2.24. The number of cyclic esters (lactones) is 1. The van der Waals surface area contributed by atoms with Gasteiger partial charge < -0.3 is 14.8 Å². The second-order valence-electron chi connectivity index (χ2n) is 6.28. The van der Waals surface area contributed by atoms with Crippen molar-refractivity contribution in [2.24, 2.45) is 0 Å². The number of benzene rings is 2. The zero-order valence-electron chi connectivity index (χ0n) is 14.2. The molecule has 0 radical (unpaired) electrons. The van der Waals surface area contributed by atoms with E-state index in [0.29, 0.717) is 11.1 Å². The Morgan fingerprint density at radius 1 is 1.11 bits per heavy atom. The van der Waals surface area contributed by atoms with Crippen LogP contribution in [0.15, 0.2) is 53.3 Å². The number of aromatic amines is 1. The summed E-state index contributed by atoms with van der Waals surface area (Å²) in [5, 5.41) is 10.0. The number of alkyl halides is 3. The number of aromatic nitrogens is 1. The molecule has 1 unspecified atom stereocenters. The van der Waals surface area contributed by atoms with Gasteiger partial charge in [0.1, 0.15) is 0 Å². The largest absolute Gasteiger partial charge is 0.417 e. The summed E-state index contributed by atoms with van der Waals surface area (Å²) in [4.78, 5) is 27.9. The number of aliphatic hydroxyl groups excluding tert-OH is 1. The van der Waals surface area contributed by atoms with Crippen molar-refractivity contribution in [2.75, 3.05) is 11.4 Å². The number of rotatable bonds is 2. The van der Waals surface area contributed by atoms with Gasteiger partial charge in [-0.25, -0.2) is 4.79 Å². The summed E-state index contributed by atoms with van der Waals surface area (Å²) in [5.41, 5.74) is -1.21. The van der Waals surface area contributed by atoms with Gasteiger partial charge in [-0.05, 0) is 29.7 Å². The Morgan fingerprint density at radius 3 is 2.54 bits per heavy atom. The lowest BCUT2D eigenvalue weighted by molar-refractivity contribution is -0.137. The van der Waals surface area contributed by atoms with Crippen molar-refractivity contribution in [1.82, 2.24) is 4.98 Å². The summed E-state index contributed by atoms with van der Waals surface area (Å²) in [5.74, 6) is 0. The van der Waals surface area contributed by atoms with Gasteiger partial charge in [0.25, 0.3) is 5.56 Å². The normalized spacial score (nSPS) is 17.2. The van der Waals surface area contributed by atoms with Crippen molar-refractivity contribution < 1.29 is 27.8 Å². The number of halogens is 3. The lowest BCUT2D eigenvalue weighted by Gasteiger charge is -2.15. The Balaban J connectivity index is 1.82. The Labute approximate surface area is 155 Å². The van der Waals surface area contributed by atoms with E-state index in [2.05, 4.69) is 9.72 Å². The van der Waals surface area contributed by atoms with Crippen molar-refractivity contribution >= 4 is 22.6 Å². The summed E-state index contributed by atoms with van der Waals surface area (Å²) in [7, 11) is 0. The molecule has 144 valence electrons. The fraction of sp³-hybridized carbons (Fsp3) is 0.158. The molecule has 4 rings (SSSR count). The van der Waals surface area contributed by atoms with Crippen LogP contribution >= 0.6 is 0 Å². The van der Waals surface area contributed by atoms with Gasteiger partial charge in [0.05, 0.1) is 12.1 Å². The molecule has 1 aliphatic rings. The van der Waals surface area contributed by atoms with Crippen LogP contribution in [0.3, 0.4) is 0 Å². The maximum absolute atomic E-state index is 13.3. The molecule has 2 aromatic carbocycles. The lowest BCUT2D eigenvalue weighted by atomic mass is 10.0. The number of β-amino-alcohol motifs (C(OH)–C–C–N with tert-alkyl or cyclic N) is 1. The number of aliphatic hydroxyl groups is 1. The molecule has 0 bridgehead atoms. The molecule has 0 spiro atoms. The van der Waals surface area contributed by atoms with E-state index in [0.717, 1.165) is 11.0 Å². The highest BCUT2D eigenvalue weighted by Gasteiger charge is 2.34. The summed E-state index contributed by atoms with van der Waals surface area (Å²) in [6.07, 6.45) is -6.58. The van der Waals surface area contributed by atoms with E-state index in [1.165, 1.54) is 42.5 Å². The number of carbonyl (C=O) groups excluding carboxylic acids is 1. The van der Waals surface area contributed by atoms with Crippen LogP contribution in [0.5, 0.6) is 0 Å². The molecule has 0 saturated carbocycles. The molecule has 1 atom stereocenters. The zero-order valence-corrected chi connectivity index (χ0v) is 14.2. The average Bonchev–Trinajstić information content (AvgIpc) is 2.99. The third-order valence-electron chi connectivity index (χ3n) is 4.46. The smallest absolute Gasteiger partial charge is 0.417 e. The molecule has 1 saturated heterocycles. The third-order valence-corrected chi connectivity index (χ3v) is 4.46. The van der Waals surface area contributed by atoms with Crippen LogP contribution in [0.25, 0.3) is 22.0 Å². The predicted octanol–water partition coefficient (Wildman–Crippen LogP) is 3.49. The molecule has 2 N–H and O–H groups in total. The van der Waals surface area contributed by atoms with Gasteiger partial charge in [0.2, 0.25) is 6.29 Å². The number of hydrogen-bond acceptors (Lipinski definition) is 4. The first-order valence-electron chi connectivity index (χ1n) is 8.24. The van der Waals surface area contributed by atoms with Crippen LogP contribution in [0.2, 0.25) is 0 Å². The van der Waals surface area contributed by atoms with Gasteiger partial charge in [-0.1, -0.05) is 24.3 Å². The molecule has 9 heteroatoms. The Bertz CT molecular complexity index is 1140. The number of nitrogens with zero attached hydrogens (tertiary/aromatic N) is 1. The number of pyridine rings is 1. The van der Waals surface area contributed by atoms with E-state index in [4.69, 9.17) is 0 Å². The first-order chi connectivity index (χ1) is 13.2. The minimum atomic E-state index is -4.57. The Morgan fingerprint density at radius 2 is 1.86 bits per heavy atom. The molecule has 1 amide bonds. The summed E-state index contributed by atoms with van der Waals surface area (Å²) < 4.78 is 44.5. The second-order valence-corrected chi connectivity index (χ2v) is 6.28. The molecule has 1 fully saturated rings. The first-order valence-corrected chi connectivity index (χ1v) is 8.24. The van der Waals surface area contributed by atoms with Gasteiger partial charge in [-0.15, -0.1) is 0 Å². The van der Waals surface area contributed by atoms with Gasteiger partial charge in [0, 0.05) is 22.3 Å². The van der Waals surface area contributed by atoms with Crippen LogP contribution in [0, 0.1) is 0 Å². The summed E-state index contributed by atoms with van der Waals surface area (Å²) >= 11 is 0. The maximum Gasteiger partial charge on any atom is 0.417 e. The van der Waals surface area contributed by atoms with Gasteiger partial charge in [-0.3, -0.25) is 9.69 Å². The molecule has 3 aromatic rings. The van der Waals surface area contributed by atoms with E-state index in [9.17, 15) is 27.9 Å². The van der Waals surface area contributed by atoms with Crippen molar-refractivity contribution in [3.63, 3.8) is 0 Å². The second kappa shape index (κ2) is 6.38. The van der Waals surface area contributed by atoms with Gasteiger partial charge in [0.15, 0.2) is 0 Å². The molecule has 1 aromatic heterocycles. The number of fused-ring (bicyclic) bond motifs is 1. The number of amides is 1. The molecule has 1 aliphatic heterocycles. The van der Waals surface area contributed by atoms with Crippen LogP contribution < -0.4 is 10.5 Å². The highest BCUT2D eigenvalue weighted by atomic mass is 19.4. The molecular formula is C19H13F3N2O4. The summed E-state index contributed by atoms with van der Waals surface area (Å²) in [6, 6.07) is 10.9. The minimum Gasteiger partial charge on any atom is -0.417 e. The van der Waals surface area contributed by atoms with Crippen molar-refractivity contribution in [3.05, 3.63) is 64.4 Å². The topological polar surface area (TPSA) is 82.6 Å². The maximum atomic E-state index is 13.3. The number of anilines is 1. The van der Waals surface area contributed by atoms with E-state index in [-0.39, 0.29) is 23.2 Å². The molecule has 2 heterocycles. The summed E-state index contributed by atoms with van der Waals surface area (Å²) in [6.45, 7) is -0.0840. The number of ether oxygens (including phenoxy) is 1. The van der Waals surface area contributed by atoms with Gasteiger partial charge in [-0.2, -0.15) is 13.2 Å². The number of carbonyl (C=O) groups is 1. The highest BCUT2D eigenvalue weighted by molar-refractivity contribution is 5.94. The SMILES string of the molecule is O=C1OC(O)CN1c1ccc2cc(-c3ccccc3C(F)(F)F)[nH]c(=O)c2c1. The molecule has 0 aliphatic carbocycles. The number of nitrogens with one attached hydrogen (secondary N) is 1. The number of hydrogen-bond donors (Lipinski definition) is 2. The van der Waals surface area contributed by atoms with E-state index in [1.54, 1.807) is 0 Å². The van der Waals surface area contributed by atoms with Crippen LogP contribution in [0.4, 0.5) is 23.7 Å². The highest BCUT2D eigenvalue weighted by Crippen LogP contribution is 2.36. The fourth-order valence-electron chi connectivity index (χ4n) is 3.18. The van der Waals surface area contributed by atoms with E-state index in [1.807, 2.05) is 0 Å². The monoisotopic (exact) mass is 390 g/mol. The van der Waals surface area contributed by atoms with E-state index < -0.39 is 29.7 Å². The standard InChI is InChI=1S/C19H13F3N2O4/c20-19(21,22)14-4-2-1-3-12(14)15-7-10-5-6-11(8-13(10)17(26)23-15)24-9-16(25)28-18(24)27/h1-8,16,25H,9H2,(H,23,26). The Hall–Kier alpha value is -3.33. The zero-order chi connectivity index (χ0) is 20.1. The molecular weight excluding hydrogens is 377 g/mol. The van der Waals surface area contributed by atoms with Crippen molar-refractivity contribution in [2.45, 2.75) is 12.5 Å². The van der Waals surface area contributed by atoms with E-state index >= 15 is 0 Å².